The first-order valence-corrected chi connectivity index (χ1v) is 6.82. The SMILES string of the molecule is Cc1nc(Cl)c(C=O)c(NCC2C(C)(C)C2(C)C)n1. The molecule has 0 aliphatic heterocycles. The third kappa shape index (κ3) is 2.22. The van der Waals surface area contributed by atoms with Gasteiger partial charge in [0.2, 0.25) is 0 Å². The average molecular weight is 282 g/mol. The molecule has 0 radical (unpaired) electrons. The van der Waals surface area contributed by atoms with Crippen LogP contribution in [0.25, 0.3) is 0 Å². The van der Waals surface area contributed by atoms with Crippen LogP contribution in [0.4, 0.5) is 5.82 Å². The lowest BCUT2D eigenvalue weighted by Gasteiger charge is -2.10. The van der Waals surface area contributed by atoms with Gasteiger partial charge in [-0.05, 0) is 23.7 Å². The van der Waals surface area contributed by atoms with Gasteiger partial charge in [0, 0.05) is 6.54 Å². The molecule has 19 heavy (non-hydrogen) atoms. The lowest BCUT2D eigenvalue weighted by Crippen LogP contribution is -2.12. The maximum absolute atomic E-state index is 11.1. The van der Waals surface area contributed by atoms with Gasteiger partial charge >= 0.3 is 0 Å². The fraction of sp³-hybridized carbons (Fsp3) is 0.643. The predicted molar refractivity (Wildman–Crippen MR) is 76.7 cm³/mol. The van der Waals surface area contributed by atoms with Crippen LogP contribution in [0.1, 0.15) is 43.9 Å². The molecular formula is C14H20ClN3O. The van der Waals surface area contributed by atoms with Crippen molar-refractivity contribution in [2.75, 3.05) is 11.9 Å². The van der Waals surface area contributed by atoms with Crippen molar-refractivity contribution >= 4 is 23.7 Å². The lowest BCUT2D eigenvalue weighted by molar-refractivity contribution is 0.112. The standard InChI is InChI=1S/C14H20ClN3O/c1-8-17-11(15)9(7-19)12(18-8)16-6-10-13(2,3)14(10,4)5/h7,10H,6H2,1-5H3,(H,16,17,18). The smallest absolute Gasteiger partial charge is 0.156 e. The van der Waals surface area contributed by atoms with Crippen molar-refractivity contribution in [2.24, 2.45) is 16.7 Å². The molecule has 2 rings (SSSR count). The van der Waals surface area contributed by atoms with Gasteiger partial charge in [-0.25, -0.2) is 9.97 Å². The van der Waals surface area contributed by atoms with Gasteiger partial charge in [0.1, 0.15) is 16.8 Å². The summed E-state index contributed by atoms with van der Waals surface area (Å²) < 4.78 is 0. The summed E-state index contributed by atoms with van der Waals surface area (Å²) in [6.45, 7) is 11.6. The Kier molecular flexibility index (Phi) is 3.33. The highest BCUT2D eigenvalue weighted by Crippen LogP contribution is 2.68. The molecule has 0 spiro atoms. The van der Waals surface area contributed by atoms with E-state index in [-0.39, 0.29) is 5.15 Å². The molecule has 1 aliphatic rings. The molecule has 1 aromatic rings. The van der Waals surface area contributed by atoms with Crippen LogP contribution in [-0.2, 0) is 0 Å². The number of nitrogens with one attached hydrogen (secondary N) is 1. The maximum atomic E-state index is 11.1. The Morgan fingerprint density at radius 2 is 1.84 bits per heavy atom. The second kappa shape index (κ2) is 4.44. The number of aldehydes is 1. The van der Waals surface area contributed by atoms with Crippen LogP contribution in [0.15, 0.2) is 0 Å². The van der Waals surface area contributed by atoms with E-state index in [2.05, 4.69) is 43.0 Å². The van der Waals surface area contributed by atoms with Crippen molar-refractivity contribution in [1.82, 2.24) is 9.97 Å². The van der Waals surface area contributed by atoms with Crippen LogP contribution >= 0.6 is 11.6 Å². The van der Waals surface area contributed by atoms with E-state index in [4.69, 9.17) is 11.6 Å². The first-order valence-electron chi connectivity index (χ1n) is 6.45. The zero-order valence-electron chi connectivity index (χ0n) is 12.0. The van der Waals surface area contributed by atoms with Gasteiger partial charge in [0.15, 0.2) is 6.29 Å². The molecule has 0 bridgehead atoms. The fourth-order valence-electron chi connectivity index (χ4n) is 2.83. The second-order valence-electron chi connectivity index (χ2n) is 6.32. The number of carbonyl (C=O) groups excluding carboxylic acids is 1. The maximum Gasteiger partial charge on any atom is 0.156 e. The summed E-state index contributed by atoms with van der Waals surface area (Å²) in [7, 11) is 0. The minimum atomic E-state index is 0.208. The van der Waals surface area contributed by atoms with Gasteiger partial charge in [-0.2, -0.15) is 0 Å². The largest absolute Gasteiger partial charge is 0.369 e. The van der Waals surface area contributed by atoms with Gasteiger partial charge in [-0.1, -0.05) is 39.3 Å². The molecule has 1 aromatic heterocycles. The van der Waals surface area contributed by atoms with Crippen molar-refractivity contribution in [3.05, 3.63) is 16.5 Å². The van der Waals surface area contributed by atoms with Gasteiger partial charge in [-0.15, -0.1) is 0 Å². The van der Waals surface area contributed by atoms with E-state index in [9.17, 15) is 4.79 Å². The number of nitrogens with zero attached hydrogens (tertiary/aromatic N) is 2. The molecule has 1 N–H and O–H groups in total. The molecule has 0 aromatic carbocycles. The zero-order valence-corrected chi connectivity index (χ0v) is 12.8. The Bertz CT molecular complexity index is 512. The lowest BCUT2D eigenvalue weighted by atomic mass is 10.0. The molecule has 0 atom stereocenters. The number of halogens is 1. The van der Waals surface area contributed by atoms with Gasteiger partial charge in [0.25, 0.3) is 0 Å². The molecule has 0 unspecified atom stereocenters. The minimum Gasteiger partial charge on any atom is -0.369 e. The average Bonchev–Trinajstić information content (AvgIpc) is 2.66. The molecule has 1 heterocycles. The summed E-state index contributed by atoms with van der Waals surface area (Å²) >= 11 is 5.96. The van der Waals surface area contributed by atoms with Crippen LogP contribution in [0.2, 0.25) is 5.15 Å². The molecule has 4 nitrogen and oxygen atoms in total. The number of hydrogen-bond acceptors (Lipinski definition) is 4. The van der Waals surface area contributed by atoms with E-state index < -0.39 is 0 Å². The number of anilines is 1. The fourth-order valence-corrected chi connectivity index (χ4v) is 3.08. The molecule has 0 saturated heterocycles. The monoisotopic (exact) mass is 281 g/mol. The Hall–Kier alpha value is -1.16. The summed E-state index contributed by atoms with van der Waals surface area (Å²) in [5, 5.41) is 3.46. The van der Waals surface area contributed by atoms with Crippen LogP contribution in [0.3, 0.4) is 0 Å². The summed E-state index contributed by atoms with van der Waals surface area (Å²) in [5.41, 5.74) is 0.934. The van der Waals surface area contributed by atoms with Crippen molar-refractivity contribution in [2.45, 2.75) is 34.6 Å². The Labute approximate surface area is 119 Å². The van der Waals surface area contributed by atoms with E-state index >= 15 is 0 Å². The highest BCUT2D eigenvalue weighted by Gasteiger charge is 2.64. The van der Waals surface area contributed by atoms with Crippen molar-refractivity contribution in [3.8, 4) is 0 Å². The van der Waals surface area contributed by atoms with Crippen molar-refractivity contribution in [1.29, 1.82) is 0 Å². The van der Waals surface area contributed by atoms with Gasteiger partial charge in [-0.3, -0.25) is 4.79 Å². The quantitative estimate of drug-likeness (QED) is 0.679. The van der Waals surface area contributed by atoms with Gasteiger partial charge in [0.05, 0.1) is 5.56 Å². The Morgan fingerprint density at radius 1 is 1.26 bits per heavy atom. The molecule has 1 fully saturated rings. The molecule has 5 heteroatoms. The van der Waals surface area contributed by atoms with Crippen molar-refractivity contribution < 1.29 is 4.79 Å². The first kappa shape index (κ1) is 14.3. The molecular weight excluding hydrogens is 262 g/mol. The van der Waals surface area contributed by atoms with E-state index in [0.717, 1.165) is 6.54 Å². The van der Waals surface area contributed by atoms with E-state index in [0.29, 0.717) is 40.2 Å². The number of carbonyl (C=O) groups is 1. The van der Waals surface area contributed by atoms with Crippen molar-refractivity contribution in [3.63, 3.8) is 0 Å². The van der Waals surface area contributed by atoms with Crippen LogP contribution < -0.4 is 5.32 Å². The predicted octanol–water partition coefficient (Wildman–Crippen LogP) is 3.35. The number of rotatable bonds is 4. The third-order valence-corrected chi connectivity index (χ3v) is 5.21. The van der Waals surface area contributed by atoms with E-state index in [1.807, 2.05) is 0 Å². The normalized spacial score (nSPS) is 20.1. The summed E-state index contributed by atoms with van der Waals surface area (Å²) in [5.74, 6) is 1.65. The number of aromatic nitrogens is 2. The Morgan fingerprint density at radius 3 is 2.32 bits per heavy atom. The first-order chi connectivity index (χ1) is 8.71. The topological polar surface area (TPSA) is 54.9 Å². The van der Waals surface area contributed by atoms with E-state index in [1.54, 1.807) is 6.92 Å². The van der Waals surface area contributed by atoms with Gasteiger partial charge < -0.3 is 5.32 Å². The third-order valence-electron chi connectivity index (χ3n) is 4.92. The number of aryl methyl sites for hydroxylation is 1. The number of hydrogen-bond donors (Lipinski definition) is 1. The van der Waals surface area contributed by atoms with Crippen LogP contribution in [-0.4, -0.2) is 22.8 Å². The molecule has 104 valence electrons. The summed E-state index contributed by atoms with van der Waals surface area (Å²) in [4.78, 5) is 19.3. The summed E-state index contributed by atoms with van der Waals surface area (Å²) in [6.07, 6.45) is 0.702. The van der Waals surface area contributed by atoms with Crippen LogP contribution in [0, 0.1) is 23.7 Å². The van der Waals surface area contributed by atoms with E-state index in [1.165, 1.54) is 0 Å². The minimum absolute atomic E-state index is 0.208. The Balaban J connectivity index is 2.15. The highest BCUT2D eigenvalue weighted by atomic mass is 35.5. The molecule has 1 saturated carbocycles. The zero-order chi connectivity index (χ0) is 14.4. The second-order valence-corrected chi connectivity index (χ2v) is 6.68. The molecule has 1 aliphatic carbocycles. The summed E-state index contributed by atoms with van der Waals surface area (Å²) in [6, 6.07) is 0. The van der Waals surface area contributed by atoms with Crippen LogP contribution in [0.5, 0.6) is 0 Å². The highest BCUT2D eigenvalue weighted by molar-refractivity contribution is 6.32. The molecule has 0 amide bonds.